The SMILES string of the molecule is CCC1CCC(SCC2OC(n3cnc4c(N)ncnc43)[C@H](O)[C@@H]2O)CC1. The Labute approximate surface area is 162 Å². The van der Waals surface area contributed by atoms with Crippen molar-refractivity contribution in [3.63, 3.8) is 0 Å². The molecule has 1 aliphatic carbocycles. The van der Waals surface area contributed by atoms with Crippen molar-refractivity contribution in [2.24, 2.45) is 5.92 Å². The highest BCUT2D eigenvalue weighted by Crippen LogP contribution is 2.37. The first-order chi connectivity index (χ1) is 13.1. The van der Waals surface area contributed by atoms with Gasteiger partial charge in [0.1, 0.15) is 24.1 Å². The van der Waals surface area contributed by atoms with E-state index in [0.29, 0.717) is 22.2 Å². The fourth-order valence-electron chi connectivity index (χ4n) is 4.09. The van der Waals surface area contributed by atoms with Crippen LogP contribution in [-0.4, -0.2) is 59.0 Å². The smallest absolute Gasteiger partial charge is 0.167 e. The van der Waals surface area contributed by atoms with E-state index in [1.54, 1.807) is 4.57 Å². The van der Waals surface area contributed by atoms with Gasteiger partial charge in [-0.2, -0.15) is 11.8 Å². The summed E-state index contributed by atoms with van der Waals surface area (Å²) in [6.07, 6.45) is 6.03. The molecular formula is C18H27N5O3S. The van der Waals surface area contributed by atoms with Crippen LogP contribution in [0.1, 0.15) is 45.3 Å². The quantitative estimate of drug-likeness (QED) is 0.703. The monoisotopic (exact) mass is 393 g/mol. The van der Waals surface area contributed by atoms with Crippen molar-refractivity contribution in [1.29, 1.82) is 0 Å². The Kier molecular flexibility index (Phi) is 5.54. The van der Waals surface area contributed by atoms with Crippen LogP contribution in [0.4, 0.5) is 5.82 Å². The molecule has 1 saturated heterocycles. The lowest BCUT2D eigenvalue weighted by Crippen LogP contribution is -2.33. The first kappa shape index (κ1) is 18.9. The highest BCUT2D eigenvalue weighted by Gasteiger charge is 2.44. The summed E-state index contributed by atoms with van der Waals surface area (Å²) < 4.78 is 7.64. The van der Waals surface area contributed by atoms with Gasteiger partial charge in [-0.1, -0.05) is 13.3 Å². The van der Waals surface area contributed by atoms with E-state index in [4.69, 9.17) is 10.5 Å². The number of hydrogen-bond donors (Lipinski definition) is 3. The third-order valence-electron chi connectivity index (χ3n) is 5.87. The fraction of sp³-hybridized carbons (Fsp3) is 0.722. The number of nitrogens with zero attached hydrogens (tertiary/aromatic N) is 4. The molecule has 2 aliphatic rings. The summed E-state index contributed by atoms with van der Waals surface area (Å²) in [5, 5.41) is 21.6. The summed E-state index contributed by atoms with van der Waals surface area (Å²) in [7, 11) is 0. The highest BCUT2D eigenvalue weighted by atomic mass is 32.2. The van der Waals surface area contributed by atoms with Crippen LogP contribution in [0.15, 0.2) is 12.7 Å². The lowest BCUT2D eigenvalue weighted by molar-refractivity contribution is -0.0289. The number of imidazole rings is 1. The molecule has 2 fully saturated rings. The number of aromatic nitrogens is 4. The number of nitrogen functional groups attached to an aromatic ring is 1. The number of thioether (sulfide) groups is 1. The van der Waals surface area contributed by atoms with E-state index in [0.717, 1.165) is 5.92 Å². The molecule has 0 amide bonds. The molecule has 2 unspecified atom stereocenters. The molecule has 8 nitrogen and oxygen atoms in total. The summed E-state index contributed by atoms with van der Waals surface area (Å²) >= 11 is 1.85. The van der Waals surface area contributed by atoms with E-state index < -0.39 is 24.5 Å². The molecule has 4 N–H and O–H groups in total. The molecule has 9 heteroatoms. The molecule has 0 aromatic carbocycles. The summed E-state index contributed by atoms with van der Waals surface area (Å²) in [5.74, 6) is 1.81. The van der Waals surface area contributed by atoms with Gasteiger partial charge in [-0.15, -0.1) is 0 Å². The van der Waals surface area contributed by atoms with E-state index in [-0.39, 0.29) is 5.82 Å². The van der Waals surface area contributed by atoms with Gasteiger partial charge in [0.15, 0.2) is 17.7 Å². The van der Waals surface area contributed by atoms with Crippen molar-refractivity contribution in [3.8, 4) is 0 Å². The predicted molar refractivity (Wildman–Crippen MR) is 104 cm³/mol. The van der Waals surface area contributed by atoms with Crippen LogP contribution >= 0.6 is 11.8 Å². The molecule has 2 aromatic heterocycles. The maximum absolute atomic E-state index is 10.5. The zero-order chi connectivity index (χ0) is 19.0. The van der Waals surface area contributed by atoms with E-state index in [1.165, 1.54) is 44.8 Å². The molecule has 1 saturated carbocycles. The lowest BCUT2D eigenvalue weighted by atomic mass is 9.87. The Morgan fingerprint density at radius 1 is 1.19 bits per heavy atom. The normalized spacial score (nSPS) is 34.3. The average Bonchev–Trinajstić information content (AvgIpc) is 3.23. The van der Waals surface area contributed by atoms with Crippen LogP contribution in [0, 0.1) is 5.92 Å². The summed E-state index contributed by atoms with van der Waals surface area (Å²) in [5.41, 5.74) is 6.78. The van der Waals surface area contributed by atoms with Crippen molar-refractivity contribution >= 4 is 28.7 Å². The number of anilines is 1. The second-order valence-corrected chi connectivity index (χ2v) is 8.85. The van der Waals surface area contributed by atoms with Gasteiger partial charge in [0.05, 0.1) is 12.4 Å². The molecule has 0 spiro atoms. The van der Waals surface area contributed by atoms with Crippen molar-refractivity contribution in [3.05, 3.63) is 12.7 Å². The van der Waals surface area contributed by atoms with Crippen molar-refractivity contribution in [1.82, 2.24) is 19.5 Å². The molecule has 4 atom stereocenters. The maximum Gasteiger partial charge on any atom is 0.167 e. The van der Waals surface area contributed by atoms with Gasteiger partial charge in [0.2, 0.25) is 0 Å². The van der Waals surface area contributed by atoms with Crippen LogP contribution in [0.2, 0.25) is 0 Å². The van der Waals surface area contributed by atoms with Crippen LogP contribution in [0.5, 0.6) is 0 Å². The average molecular weight is 394 g/mol. The first-order valence-corrected chi connectivity index (χ1v) is 10.7. The Hall–Kier alpha value is -1.42. The van der Waals surface area contributed by atoms with E-state index in [9.17, 15) is 10.2 Å². The lowest BCUT2D eigenvalue weighted by Gasteiger charge is -2.28. The van der Waals surface area contributed by atoms with E-state index in [1.807, 2.05) is 11.8 Å². The minimum atomic E-state index is -1.04. The molecule has 4 rings (SSSR count). The molecule has 0 bridgehead atoms. The van der Waals surface area contributed by atoms with Crippen LogP contribution in [0.25, 0.3) is 11.2 Å². The third kappa shape index (κ3) is 3.65. The Bertz CT molecular complexity index is 779. The summed E-state index contributed by atoms with van der Waals surface area (Å²) in [6.45, 7) is 2.26. The third-order valence-corrected chi connectivity index (χ3v) is 7.33. The second kappa shape index (κ2) is 7.90. The van der Waals surface area contributed by atoms with Gasteiger partial charge in [-0.25, -0.2) is 15.0 Å². The van der Waals surface area contributed by atoms with Gasteiger partial charge in [0.25, 0.3) is 0 Å². The number of ether oxygens (including phenoxy) is 1. The van der Waals surface area contributed by atoms with Gasteiger partial charge in [-0.3, -0.25) is 4.57 Å². The van der Waals surface area contributed by atoms with E-state index in [2.05, 4.69) is 21.9 Å². The highest BCUT2D eigenvalue weighted by molar-refractivity contribution is 7.99. The Morgan fingerprint density at radius 2 is 1.96 bits per heavy atom. The number of rotatable bonds is 5. The minimum Gasteiger partial charge on any atom is -0.387 e. The second-order valence-electron chi connectivity index (χ2n) is 7.51. The van der Waals surface area contributed by atoms with Gasteiger partial charge in [-0.05, 0) is 31.6 Å². The number of hydrogen-bond acceptors (Lipinski definition) is 8. The number of aliphatic hydroxyl groups excluding tert-OH is 2. The van der Waals surface area contributed by atoms with Crippen LogP contribution in [-0.2, 0) is 4.74 Å². The zero-order valence-corrected chi connectivity index (χ0v) is 16.3. The van der Waals surface area contributed by atoms with E-state index >= 15 is 0 Å². The van der Waals surface area contributed by atoms with Crippen LogP contribution in [0.3, 0.4) is 0 Å². The van der Waals surface area contributed by atoms with Crippen molar-refractivity contribution in [2.75, 3.05) is 11.5 Å². The molecule has 0 radical (unpaired) electrons. The molecule has 148 valence electrons. The fourth-order valence-corrected chi connectivity index (χ4v) is 5.43. The van der Waals surface area contributed by atoms with Crippen molar-refractivity contribution in [2.45, 2.75) is 68.8 Å². The standard InChI is InChI=1S/C18H27N5O3S/c1-2-10-3-5-11(6-4-10)27-7-12-14(24)15(25)18(26-12)23-9-22-13-16(19)20-8-21-17(13)23/h8-12,14-15,18,24-25H,2-7H2,1H3,(H2,19,20,21)/t10?,11?,12?,14-,15-,18?/m1/s1. The largest absolute Gasteiger partial charge is 0.387 e. The number of nitrogens with two attached hydrogens (primary N) is 1. The minimum absolute atomic E-state index is 0.279. The Morgan fingerprint density at radius 3 is 2.70 bits per heavy atom. The molecule has 2 aromatic rings. The van der Waals surface area contributed by atoms with Gasteiger partial charge in [0, 0.05) is 11.0 Å². The summed E-state index contributed by atoms with van der Waals surface area (Å²) in [6, 6.07) is 0. The molecular weight excluding hydrogens is 366 g/mol. The molecule has 1 aliphatic heterocycles. The van der Waals surface area contributed by atoms with Crippen molar-refractivity contribution < 1.29 is 14.9 Å². The van der Waals surface area contributed by atoms with Gasteiger partial charge >= 0.3 is 0 Å². The first-order valence-electron chi connectivity index (χ1n) is 9.64. The predicted octanol–water partition coefficient (Wildman–Crippen LogP) is 1.73. The van der Waals surface area contributed by atoms with Gasteiger partial charge < -0.3 is 20.7 Å². The number of fused-ring (bicyclic) bond motifs is 1. The molecule has 27 heavy (non-hydrogen) atoms. The maximum atomic E-state index is 10.5. The number of aliphatic hydroxyl groups is 2. The Balaban J connectivity index is 1.41. The topological polar surface area (TPSA) is 119 Å². The van der Waals surface area contributed by atoms with Crippen LogP contribution < -0.4 is 5.73 Å². The zero-order valence-electron chi connectivity index (χ0n) is 15.4. The molecule has 3 heterocycles. The summed E-state index contributed by atoms with van der Waals surface area (Å²) in [4.78, 5) is 12.3.